The number of piperidine rings is 1. The average Bonchev–Trinajstić information content (AvgIpc) is 3.20. The number of aromatic nitrogens is 1. The van der Waals surface area contributed by atoms with Gasteiger partial charge < -0.3 is 9.30 Å². The highest BCUT2D eigenvalue weighted by Gasteiger charge is 2.28. The first-order valence-electron chi connectivity index (χ1n) is 11.8. The van der Waals surface area contributed by atoms with Crippen molar-refractivity contribution < 1.29 is 22.7 Å². The van der Waals surface area contributed by atoms with E-state index < -0.39 is 21.9 Å². The lowest BCUT2D eigenvalue weighted by atomic mass is 10.0. The lowest BCUT2D eigenvalue weighted by Crippen LogP contribution is -2.37. The monoisotopic (exact) mass is 527 g/mol. The molecule has 0 atom stereocenters. The molecule has 10 heteroatoms. The predicted molar refractivity (Wildman–Crippen MR) is 139 cm³/mol. The molecule has 0 N–H and O–H groups in total. The van der Waals surface area contributed by atoms with Crippen molar-refractivity contribution in [3.63, 3.8) is 0 Å². The molecule has 1 amide bonds. The Morgan fingerprint density at radius 2 is 1.81 bits per heavy atom. The largest absolute Gasteiger partial charge is 0.462 e. The van der Waals surface area contributed by atoms with Crippen molar-refractivity contribution in [1.29, 1.82) is 0 Å². The molecule has 0 spiro atoms. The summed E-state index contributed by atoms with van der Waals surface area (Å²) in [5.74, 6) is -0.375. The second-order valence-electron chi connectivity index (χ2n) is 8.71. The number of rotatable bonds is 7. The normalized spacial score (nSPS) is 15.8. The molecule has 0 bridgehead atoms. The Kier molecular flexibility index (Phi) is 7.87. The first-order chi connectivity index (χ1) is 17.2. The van der Waals surface area contributed by atoms with Gasteiger partial charge in [-0.05, 0) is 68.1 Å². The number of hydrogen-bond donors (Lipinski definition) is 0. The molecular formula is C26H29N3O5S2. The third-order valence-electron chi connectivity index (χ3n) is 6.18. The van der Waals surface area contributed by atoms with Gasteiger partial charge in [0.25, 0.3) is 5.91 Å². The fourth-order valence-electron chi connectivity index (χ4n) is 4.10. The van der Waals surface area contributed by atoms with Crippen LogP contribution in [0.5, 0.6) is 0 Å². The number of allylic oxidation sites excluding steroid dienone is 1. The summed E-state index contributed by atoms with van der Waals surface area (Å²) in [6.07, 6.45) is 3.39. The van der Waals surface area contributed by atoms with E-state index in [0.29, 0.717) is 35.9 Å². The Balaban J connectivity index is 1.63. The smallest absolute Gasteiger partial charge is 0.338 e. The number of sulfonamides is 1. The number of fused-ring (bicyclic) bond motifs is 1. The van der Waals surface area contributed by atoms with E-state index in [1.807, 2.05) is 4.57 Å². The number of carbonyl (C=O) groups is 2. The summed E-state index contributed by atoms with van der Waals surface area (Å²) in [4.78, 5) is 30.0. The summed E-state index contributed by atoms with van der Waals surface area (Å²) in [7, 11) is -3.59. The van der Waals surface area contributed by atoms with Crippen LogP contribution >= 0.6 is 11.3 Å². The average molecular weight is 528 g/mol. The van der Waals surface area contributed by atoms with E-state index in [-0.39, 0.29) is 17.1 Å². The van der Waals surface area contributed by atoms with Gasteiger partial charge >= 0.3 is 5.97 Å². The molecule has 1 fully saturated rings. The summed E-state index contributed by atoms with van der Waals surface area (Å²) in [6, 6.07) is 11.1. The molecule has 8 nitrogen and oxygen atoms in total. The summed E-state index contributed by atoms with van der Waals surface area (Å²) in [5.41, 5.74) is 1.53. The van der Waals surface area contributed by atoms with Gasteiger partial charge in [0.1, 0.15) is 0 Å². The number of ether oxygens (including phenoxy) is 1. The Morgan fingerprint density at radius 3 is 2.44 bits per heavy atom. The van der Waals surface area contributed by atoms with Crippen molar-refractivity contribution in [2.75, 3.05) is 19.7 Å². The van der Waals surface area contributed by atoms with E-state index in [1.165, 1.54) is 39.9 Å². The quantitative estimate of drug-likeness (QED) is 0.338. The number of hydrogen-bond acceptors (Lipinski definition) is 6. The second kappa shape index (κ2) is 10.9. The van der Waals surface area contributed by atoms with Crippen LogP contribution in [0.15, 0.2) is 65.0 Å². The van der Waals surface area contributed by atoms with E-state index in [1.54, 1.807) is 31.2 Å². The van der Waals surface area contributed by atoms with Crippen molar-refractivity contribution in [3.05, 3.63) is 71.0 Å². The zero-order valence-electron chi connectivity index (χ0n) is 20.3. The number of thiazole rings is 1. The Hall–Kier alpha value is -3.08. The van der Waals surface area contributed by atoms with Crippen LogP contribution in [0.4, 0.5) is 0 Å². The topological polar surface area (TPSA) is 98.0 Å². The van der Waals surface area contributed by atoms with Gasteiger partial charge in [0.05, 0.1) is 27.3 Å². The number of esters is 1. The van der Waals surface area contributed by atoms with E-state index >= 15 is 0 Å². The molecule has 0 unspecified atom stereocenters. The van der Waals surface area contributed by atoms with Crippen molar-refractivity contribution in [1.82, 2.24) is 8.87 Å². The van der Waals surface area contributed by atoms with Gasteiger partial charge in [-0.25, -0.2) is 13.2 Å². The molecular weight excluding hydrogens is 498 g/mol. The minimum Gasteiger partial charge on any atom is -0.462 e. The summed E-state index contributed by atoms with van der Waals surface area (Å²) >= 11 is 1.28. The minimum atomic E-state index is -3.59. The third-order valence-corrected chi connectivity index (χ3v) is 9.14. The first-order valence-corrected chi connectivity index (χ1v) is 14.1. The van der Waals surface area contributed by atoms with Crippen LogP contribution in [0, 0.1) is 5.92 Å². The molecule has 0 saturated carbocycles. The zero-order valence-corrected chi connectivity index (χ0v) is 22.0. The number of nitrogens with zero attached hydrogens (tertiary/aromatic N) is 3. The first kappa shape index (κ1) is 26.0. The molecule has 36 heavy (non-hydrogen) atoms. The molecule has 4 rings (SSSR count). The molecule has 3 aromatic rings. The van der Waals surface area contributed by atoms with Crippen molar-refractivity contribution in [3.8, 4) is 0 Å². The molecule has 190 valence electrons. The van der Waals surface area contributed by atoms with Crippen LogP contribution in [0.1, 0.15) is 47.4 Å². The van der Waals surface area contributed by atoms with Gasteiger partial charge in [0.15, 0.2) is 4.80 Å². The maximum absolute atomic E-state index is 13.0. The fraction of sp³-hybridized carbons (Fsp3) is 0.346. The number of amides is 1. The number of carbonyl (C=O) groups excluding carboxylic acids is 2. The van der Waals surface area contributed by atoms with Crippen LogP contribution in [0.3, 0.4) is 0 Å². The highest BCUT2D eigenvalue weighted by atomic mass is 32.2. The number of benzene rings is 2. The van der Waals surface area contributed by atoms with E-state index in [9.17, 15) is 18.0 Å². The Morgan fingerprint density at radius 1 is 1.14 bits per heavy atom. The van der Waals surface area contributed by atoms with E-state index in [0.717, 1.165) is 23.1 Å². The summed E-state index contributed by atoms with van der Waals surface area (Å²) in [6.45, 7) is 9.39. The zero-order chi connectivity index (χ0) is 25.9. The molecule has 1 saturated heterocycles. The SMILES string of the molecule is C=CCn1c(=NC(=O)c2ccc(S(=O)(=O)N3CCC(C)CC3)cc2)sc2cc(C(=O)OCC)ccc21. The van der Waals surface area contributed by atoms with Gasteiger partial charge in [-0.1, -0.05) is 24.3 Å². The molecule has 2 heterocycles. The van der Waals surface area contributed by atoms with Gasteiger partial charge in [0.2, 0.25) is 10.0 Å². The van der Waals surface area contributed by atoms with Crippen LogP contribution < -0.4 is 4.80 Å². The molecule has 0 aliphatic carbocycles. The fourth-order valence-corrected chi connectivity index (χ4v) is 6.65. The highest BCUT2D eigenvalue weighted by Crippen LogP contribution is 2.24. The Labute approximate surface area is 214 Å². The maximum atomic E-state index is 13.0. The second-order valence-corrected chi connectivity index (χ2v) is 11.7. The molecule has 0 radical (unpaired) electrons. The van der Waals surface area contributed by atoms with Gasteiger partial charge in [0, 0.05) is 25.2 Å². The van der Waals surface area contributed by atoms with Crippen molar-refractivity contribution in [2.24, 2.45) is 10.9 Å². The van der Waals surface area contributed by atoms with Gasteiger partial charge in [-0.2, -0.15) is 9.30 Å². The van der Waals surface area contributed by atoms with Crippen molar-refractivity contribution in [2.45, 2.75) is 38.1 Å². The predicted octanol–water partition coefficient (Wildman–Crippen LogP) is 4.23. The standard InChI is InChI=1S/C26H29N3O5S2/c1-4-14-29-22-11-8-20(25(31)34-5-2)17-23(22)35-26(29)27-24(30)19-6-9-21(10-7-19)36(32,33)28-15-12-18(3)13-16-28/h4,6-11,17-18H,1,5,12-16H2,2-3H3. The lowest BCUT2D eigenvalue weighted by molar-refractivity contribution is 0.0526. The summed E-state index contributed by atoms with van der Waals surface area (Å²) in [5, 5.41) is 0. The van der Waals surface area contributed by atoms with Crippen LogP contribution in [-0.2, 0) is 21.3 Å². The third kappa shape index (κ3) is 5.35. The molecule has 1 aliphatic heterocycles. The lowest BCUT2D eigenvalue weighted by Gasteiger charge is -2.29. The highest BCUT2D eigenvalue weighted by molar-refractivity contribution is 7.89. The van der Waals surface area contributed by atoms with Gasteiger partial charge in [-0.3, -0.25) is 4.79 Å². The summed E-state index contributed by atoms with van der Waals surface area (Å²) < 4.78 is 35.2. The maximum Gasteiger partial charge on any atom is 0.338 e. The Bertz CT molecular complexity index is 1460. The van der Waals surface area contributed by atoms with Crippen LogP contribution in [-0.4, -0.2) is 48.9 Å². The van der Waals surface area contributed by atoms with Gasteiger partial charge in [-0.15, -0.1) is 6.58 Å². The van der Waals surface area contributed by atoms with Crippen LogP contribution in [0.2, 0.25) is 0 Å². The van der Waals surface area contributed by atoms with E-state index in [4.69, 9.17) is 4.74 Å². The van der Waals surface area contributed by atoms with Crippen LogP contribution in [0.25, 0.3) is 10.2 Å². The molecule has 1 aliphatic rings. The van der Waals surface area contributed by atoms with E-state index in [2.05, 4.69) is 18.5 Å². The van der Waals surface area contributed by atoms with Crippen molar-refractivity contribution >= 4 is 43.5 Å². The minimum absolute atomic E-state index is 0.170. The molecule has 1 aromatic heterocycles. The molecule has 2 aromatic carbocycles.